The Bertz CT molecular complexity index is 2410. The summed E-state index contributed by atoms with van der Waals surface area (Å²) in [7, 11) is 5.51. The number of esters is 1. The van der Waals surface area contributed by atoms with Crippen molar-refractivity contribution in [1.82, 2.24) is 45.0 Å². The van der Waals surface area contributed by atoms with Gasteiger partial charge in [0, 0.05) is 91.8 Å². The Morgan fingerprint density at radius 3 is 2.63 bits per heavy atom. The van der Waals surface area contributed by atoms with E-state index in [-0.39, 0.29) is 37.0 Å². The van der Waals surface area contributed by atoms with Crippen molar-refractivity contribution in [3.63, 3.8) is 0 Å². The van der Waals surface area contributed by atoms with Crippen LogP contribution >= 0.6 is 11.3 Å². The van der Waals surface area contributed by atoms with Crippen molar-refractivity contribution < 1.29 is 28.7 Å². The molecule has 6 bridgehead atoms. The molecule has 0 aliphatic carbocycles. The molecule has 4 amide bonds. The van der Waals surface area contributed by atoms with Crippen LogP contribution < -0.4 is 10.7 Å². The van der Waals surface area contributed by atoms with Crippen LogP contribution in [0.15, 0.2) is 41.9 Å². The fourth-order valence-electron chi connectivity index (χ4n) is 10.7. The number of hydrazine groups is 1. The third-order valence-corrected chi connectivity index (χ3v) is 15.0. The second-order valence-electron chi connectivity index (χ2n) is 19.7. The normalized spacial score (nSPS) is 23.8. The number of carbonyl (C=O) groups excluding carboxylic acids is 4. The Balaban J connectivity index is 1.15. The van der Waals surface area contributed by atoms with E-state index in [1.54, 1.807) is 25.3 Å². The maximum Gasteiger partial charge on any atom is 0.324 e. The van der Waals surface area contributed by atoms with Gasteiger partial charge in [0.1, 0.15) is 18.1 Å². The standard InChI is InChI=1S/C49H67N9O6S/c1-10-57-39-18-17-31-22-34(39)35(44(57)33-15-11-19-50-42(33)30(4)63-9)24-49(5,6)28-64-47(61)36-16-13-21-58(53-36)46(60)37(23-41-51-38(31)27-65-41)52-45(59)43(29(2)3)55(8)48(62)56-25-32-14-12-20-54(7)40(32)26-56/h11,15,17-19,22,27,29-30,32,36-37,40,43,53H,10,12-14,16,20-21,23-26,28H2,1-9H3,(H,52,59)/t30-,32-,36-,37-,40-,43?/m0/s1. The number of likely N-dealkylation sites (N-methyl/N-ethyl adjacent to an activating group) is 2. The number of aromatic nitrogens is 3. The highest BCUT2D eigenvalue weighted by Gasteiger charge is 2.43. The second kappa shape index (κ2) is 19.1. The molecule has 4 aromatic rings. The molecule has 4 aliphatic heterocycles. The lowest BCUT2D eigenvalue weighted by Gasteiger charge is -2.37. The number of likely N-dealkylation sites (tertiary alicyclic amines) is 2. The summed E-state index contributed by atoms with van der Waals surface area (Å²) < 4.78 is 14.3. The molecule has 350 valence electrons. The van der Waals surface area contributed by atoms with Crippen molar-refractivity contribution in [3.05, 3.63) is 58.2 Å². The van der Waals surface area contributed by atoms with Crippen molar-refractivity contribution in [2.24, 2.45) is 17.3 Å². The summed E-state index contributed by atoms with van der Waals surface area (Å²) in [6, 6.07) is 8.00. The summed E-state index contributed by atoms with van der Waals surface area (Å²) in [5, 5.41) is 8.29. The van der Waals surface area contributed by atoms with E-state index in [2.05, 4.69) is 72.3 Å². The van der Waals surface area contributed by atoms with Crippen LogP contribution in [0.4, 0.5) is 4.79 Å². The maximum atomic E-state index is 14.7. The monoisotopic (exact) mass is 909 g/mol. The molecule has 0 radical (unpaired) electrons. The van der Waals surface area contributed by atoms with Crippen LogP contribution in [0.25, 0.3) is 33.4 Å². The van der Waals surface area contributed by atoms with Crippen molar-refractivity contribution in [1.29, 1.82) is 0 Å². The number of urea groups is 1. The average molecular weight is 910 g/mol. The summed E-state index contributed by atoms with van der Waals surface area (Å²) in [6.07, 6.45) is 5.52. The van der Waals surface area contributed by atoms with Crippen LogP contribution in [0, 0.1) is 17.3 Å². The van der Waals surface area contributed by atoms with Gasteiger partial charge in [-0.25, -0.2) is 15.2 Å². The van der Waals surface area contributed by atoms with Crippen LogP contribution in [-0.4, -0.2) is 136 Å². The molecule has 0 spiro atoms. The minimum Gasteiger partial charge on any atom is -0.464 e. The SMILES string of the molecule is CCn1c(-c2cccnc2[C@H](C)OC)c2c3cc(ccc31)-c1csc(n1)C[C@H](NC(=O)C(C(C)C)N(C)C(=O)N1C[C@@H]3CCCN(C)[C@H]3C1)C(=O)N1CCC[C@H](N1)C(=O)OCC(C)(C)C2. The van der Waals surface area contributed by atoms with Crippen molar-refractivity contribution in [2.75, 3.05) is 54.0 Å². The number of thiazole rings is 1. The number of ether oxygens (including phenoxy) is 2. The van der Waals surface area contributed by atoms with Gasteiger partial charge in [-0.15, -0.1) is 11.3 Å². The molecular formula is C49H67N9O6S. The summed E-state index contributed by atoms with van der Waals surface area (Å²) in [4.78, 5) is 72.9. The number of cyclic esters (lactones) is 1. The highest BCUT2D eigenvalue weighted by molar-refractivity contribution is 7.10. The zero-order chi connectivity index (χ0) is 46.3. The largest absolute Gasteiger partial charge is 0.464 e. The summed E-state index contributed by atoms with van der Waals surface area (Å²) in [5.41, 5.74) is 9.44. The molecule has 6 atom stereocenters. The molecule has 4 aliphatic rings. The van der Waals surface area contributed by atoms with Gasteiger partial charge in [-0.05, 0) is 101 Å². The van der Waals surface area contributed by atoms with Gasteiger partial charge in [-0.2, -0.15) is 0 Å². The third-order valence-electron chi connectivity index (χ3n) is 14.1. The van der Waals surface area contributed by atoms with Gasteiger partial charge in [0.2, 0.25) is 5.91 Å². The topological polar surface area (TPSA) is 154 Å². The number of nitrogens with zero attached hydrogens (tertiary/aromatic N) is 7. The number of fused-ring (bicyclic) bond motifs is 7. The Labute approximate surface area is 387 Å². The minimum atomic E-state index is -1.03. The first-order chi connectivity index (χ1) is 31.1. The molecule has 1 aromatic carbocycles. The molecule has 3 saturated heterocycles. The number of rotatable bonds is 8. The molecule has 65 heavy (non-hydrogen) atoms. The number of benzene rings is 1. The van der Waals surface area contributed by atoms with Crippen LogP contribution in [-0.2, 0) is 43.2 Å². The van der Waals surface area contributed by atoms with Crippen molar-refractivity contribution >= 4 is 46.1 Å². The van der Waals surface area contributed by atoms with Crippen molar-refractivity contribution in [2.45, 2.75) is 117 Å². The first-order valence-corrected chi connectivity index (χ1v) is 24.3. The number of aryl methyl sites for hydroxylation is 1. The number of methoxy groups -OCH3 is 1. The van der Waals surface area contributed by atoms with E-state index in [4.69, 9.17) is 19.4 Å². The molecule has 7 heterocycles. The number of piperidine rings is 1. The summed E-state index contributed by atoms with van der Waals surface area (Å²) in [6.45, 7) is 15.7. The van der Waals surface area contributed by atoms with E-state index < -0.39 is 35.4 Å². The molecule has 1 unspecified atom stereocenters. The van der Waals surface area contributed by atoms with E-state index in [1.165, 1.54) is 16.3 Å². The number of carbonyl (C=O) groups is 4. The zero-order valence-electron chi connectivity index (χ0n) is 39.6. The second-order valence-corrected chi connectivity index (χ2v) is 20.7. The lowest BCUT2D eigenvalue weighted by molar-refractivity contribution is -0.155. The van der Waals surface area contributed by atoms with Crippen LogP contribution in [0.3, 0.4) is 0 Å². The smallest absolute Gasteiger partial charge is 0.324 e. The predicted molar refractivity (Wildman–Crippen MR) is 252 cm³/mol. The van der Waals surface area contributed by atoms with Crippen LogP contribution in [0.5, 0.6) is 0 Å². The van der Waals surface area contributed by atoms with E-state index in [9.17, 15) is 19.2 Å². The van der Waals surface area contributed by atoms with E-state index >= 15 is 0 Å². The fraction of sp³-hybridized carbons (Fsp3) is 0.592. The summed E-state index contributed by atoms with van der Waals surface area (Å²) in [5.74, 6) is -1.06. The number of hydrogen-bond donors (Lipinski definition) is 2. The highest BCUT2D eigenvalue weighted by Crippen LogP contribution is 2.42. The van der Waals surface area contributed by atoms with Gasteiger partial charge in [0.25, 0.3) is 5.91 Å². The van der Waals surface area contributed by atoms with E-state index in [1.807, 2.05) is 37.1 Å². The van der Waals surface area contributed by atoms with Gasteiger partial charge in [0.05, 0.1) is 34.8 Å². The third kappa shape index (κ3) is 9.41. The number of amides is 4. The number of nitrogens with one attached hydrogen (secondary N) is 2. The molecular weight excluding hydrogens is 843 g/mol. The Morgan fingerprint density at radius 2 is 1.89 bits per heavy atom. The predicted octanol–water partition coefficient (Wildman–Crippen LogP) is 6.30. The number of hydrogen-bond acceptors (Lipinski definition) is 11. The average Bonchev–Trinajstić information content (AvgIpc) is 4.03. The lowest BCUT2D eigenvalue weighted by atomic mass is 9.84. The Hall–Kier alpha value is -4.90. The first-order valence-electron chi connectivity index (χ1n) is 23.4. The number of pyridine rings is 1. The lowest BCUT2D eigenvalue weighted by Crippen LogP contribution is -2.62. The van der Waals surface area contributed by atoms with Gasteiger partial charge in [-0.1, -0.05) is 33.8 Å². The molecule has 3 aromatic heterocycles. The van der Waals surface area contributed by atoms with Crippen LogP contribution in [0.1, 0.15) is 89.6 Å². The Kier molecular flexibility index (Phi) is 13.7. The van der Waals surface area contributed by atoms with Gasteiger partial charge < -0.3 is 34.1 Å². The van der Waals surface area contributed by atoms with Crippen molar-refractivity contribution in [3.8, 4) is 22.5 Å². The summed E-state index contributed by atoms with van der Waals surface area (Å²) >= 11 is 1.44. The molecule has 2 N–H and O–H groups in total. The van der Waals surface area contributed by atoms with Gasteiger partial charge in [-0.3, -0.25) is 24.4 Å². The molecule has 0 saturated carbocycles. The van der Waals surface area contributed by atoms with Gasteiger partial charge in [0.15, 0.2) is 0 Å². The fourth-order valence-corrected chi connectivity index (χ4v) is 11.5. The van der Waals surface area contributed by atoms with E-state index in [0.717, 1.165) is 64.1 Å². The molecule has 16 heteroatoms. The maximum absolute atomic E-state index is 14.7. The molecule has 3 fully saturated rings. The molecule has 8 rings (SSSR count). The van der Waals surface area contributed by atoms with Gasteiger partial charge >= 0.3 is 12.0 Å². The van der Waals surface area contributed by atoms with Crippen LogP contribution in [0.2, 0.25) is 0 Å². The molecule has 15 nitrogen and oxygen atoms in total. The Morgan fingerprint density at radius 1 is 1.11 bits per heavy atom. The minimum absolute atomic E-state index is 0.117. The van der Waals surface area contributed by atoms with E-state index in [0.29, 0.717) is 62.4 Å². The first kappa shape index (κ1) is 46.6. The highest BCUT2D eigenvalue weighted by atomic mass is 32.1. The zero-order valence-corrected chi connectivity index (χ0v) is 40.4. The quantitative estimate of drug-likeness (QED) is 0.193.